The van der Waals surface area contributed by atoms with Crippen molar-refractivity contribution < 1.29 is 4.74 Å². The van der Waals surface area contributed by atoms with E-state index in [2.05, 4.69) is 69.4 Å². The maximum absolute atomic E-state index is 5.51. The summed E-state index contributed by atoms with van der Waals surface area (Å²) in [6.07, 6.45) is 5.75. The fraction of sp³-hybridized carbons (Fsp3) is 0.440. The molecule has 0 aromatic carbocycles. The SMILES string of the molecule is Cc1ccc(-n2c(C)cc(CN(CCN3CCOCC3)Cc3cccnc3)c2C)nc1. The van der Waals surface area contributed by atoms with Crippen molar-refractivity contribution in [2.45, 2.75) is 33.9 Å². The van der Waals surface area contributed by atoms with Crippen LogP contribution in [0.1, 0.15) is 28.1 Å². The summed E-state index contributed by atoms with van der Waals surface area (Å²) in [5, 5.41) is 0. The largest absolute Gasteiger partial charge is 0.379 e. The molecular weight excluding hydrogens is 386 g/mol. The molecule has 1 saturated heterocycles. The van der Waals surface area contributed by atoms with Crippen molar-refractivity contribution >= 4 is 0 Å². The van der Waals surface area contributed by atoms with Gasteiger partial charge in [-0.3, -0.25) is 14.8 Å². The van der Waals surface area contributed by atoms with Crippen LogP contribution in [0.15, 0.2) is 48.9 Å². The molecule has 1 aliphatic rings. The Kier molecular flexibility index (Phi) is 7.12. The minimum Gasteiger partial charge on any atom is -0.379 e. The Balaban J connectivity index is 1.52. The Morgan fingerprint density at radius 2 is 1.87 bits per heavy atom. The van der Waals surface area contributed by atoms with Gasteiger partial charge in [-0.05, 0) is 55.7 Å². The summed E-state index contributed by atoms with van der Waals surface area (Å²) in [4.78, 5) is 14.0. The van der Waals surface area contributed by atoms with Gasteiger partial charge in [-0.15, -0.1) is 0 Å². The van der Waals surface area contributed by atoms with E-state index in [1.807, 2.05) is 24.7 Å². The third kappa shape index (κ3) is 5.58. The van der Waals surface area contributed by atoms with E-state index in [9.17, 15) is 0 Å². The molecular formula is C25H33N5O. The monoisotopic (exact) mass is 419 g/mol. The van der Waals surface area contributed by atoms with Gasteiger partial charge in [0.05, 0.1) is 13.2 Å². The van der Waals surface area contributed by atoms with Crippen LogP contribution in [0, 0.1) is 20.8 Å². The Morgan fingerprint density at radius 1 is 1.03 bits per heavy atom. The van der Waals surface area contributed by atoms with Crippen LogP contribution >= 0.6 is 0 Å². The predicted molar refractivity (Wildman–Crippen MR) is 123 cm³/mol. The first-order chi connectivity index (χ1) is 15.1. The van der Waals surface area contributed by atoms with Crippen LogP contribution < -0.4 is 0 Å². The molecule has 0 saturated carbocycles. The van der Waals surface area contributed by atoms with Crippen LogP contribution in [0.25, 0.3) is 5.82 Å². The molecule has 3 aromatic heterocycles. The molecule has 1 fully saturated rings. The van der Waals surface area contributed by atoms with E-state index in [0.29, 0.717) is 0 Å². The molecule has 0 aliphatic carbocycles. The lowest BCUT2D eigenvalue weighted by molar-refractivity contribution is 0.0325. The molecule has 4 heterocycles. The molecule has 0 spiro atoms. The zero-order chi connectivity index (χ0) is 21.6. The van der Waals surface area contributed by atoms with Crippen LogP contribution in [0.2, 0.25) is 0 Å². The summed E-state index contributed by atoms with van der Waals surface area (Å²) < 4.78 is 7.77. The second kappa shape index (κ2) is 10.2. The zero-order valence-corrected chi connectivity index (χ0v) is 18.9. The standard InChI is InChI=1S/C25H33N5O/c1-20-6-7-25(27-16-20)30-21(2)15-24(22(30)3)19-29(18-23-5-4-8-26-17-23)10-9-28-11-13-31-14-12-28/h4-8,15-17H,9-14,18-19H2,1-3H3. The van der Waals surface area contributed by atoms with E-state index >= 15 is 0 Å². The molecule has 6 heteroatoms. The van der Waals surface area contributed by atoms with Crippen LogP contribution in [0.5, 0.6) is 0 Å². The summed E-state index contributed by atoms with van der Waals surface area (Å²) >= 11 is 0. The number of aromatic nitrogens is 3. The maximum Gasteiger partial charge on any atom is 0.136 e. The van der Waals surface area contributed by atoms with E-state index in [1.54, 1.807) is 0 Å². The van der Waals surface area contributed by atoms with Gasteiger partial charge in [0.2, 0.25) is 0 Å². The predicted octanol–water partition coefficient (Wildman–Crippen LogP) is 3.53. The fourth-order valence-corrected chi connectivity index (χ4v) is 4.25. The summed E-state index contributed by atoms with van der Waals surface area (Å²) in [5.74, 6) is 0.985. The van der Waals surface area contributed by atoms with Crippen LogP contribution in [-0.4, -0.2) is 63.7 Å². The van der Waals surface area contributed by atoms with Gasteiger partial charge in [0, 0.05) is 69.2 Å². The van der Waals surface area contributed by atoms with Gasteiger partial charge in [0.1, 0.15) is 5.82 Å². The first kappa shape index (κ1) is 21.7. The maximum atomic E-state index is 5.51. The smallest absolute Gasteiger partial charge is 0.136 e. The van der Waals surface area contributed by atoms with Crippen LogP contribution in [-0.2, 0) is 17.8 Å². The molecule has 1 aliphatic heterocycles. The molecule has 0 amide bonds. The number of rotatable bonds is 8. The van der Waals surface area contributed by atoms with Crippen molar-refractivity contribution in [3.8, 4) is 5.82 Å². The third-order valence-corrected chi connectivity index (χ3v) is 6.02. The number of nitrogens with zero attached hydrogens (tertiary/aromatic N) is 5. The quantitative estimate of drug-likeness (QED) is 0.559. The van der Waals surface area contributed by atoms with E-state index < -0.39 is 0 Å². The third-order valence-electron chi connectivity index (χ3n) is 6.02. The minimum absolute atomic E-state index is 0.841. The number of ether oxygens (including phenoxy) is 1. The highest BCUT2D eigenvalue weighted by atomic mass is 16.5. The lowest BCUT2D eigenvalue weighted by atomic mass is 10.2. The average Bonchev–Trinajstić information content (AvgIpc) is 3.07. The summed E-state index contributed by atoms with van der Waals surface area (Å²) in [7, 11) is 0. The molecule has 6 nitrogen and oxygen atoms in total. The molecule has 0 radical (unpaired) electrons. The second-order valence-corrected chi connectivity index (χ2v) is 8.45. The lowest BCUT2D eigenvalue weighted by Crippen LogP contribution is -2.41. The molecule has 0 unspecified atom stereocenters. The van der Waals surface area contributed by atoms with Gasteiger partial charge >= 0.3 is 0 Å². The highest BCUT2D eigenvalue weighted by Crippen LogP contribution is 2.22. The first-order valence-electron chi connectivity index (χ1n) is 11.1. The molecule has 31 heavy (non-hydrogen) atoms. The molecule has 3 aromatic rings. The molecule has 0 bridgehead atoms. The summed E-state index contributed by atoms with van der Waals surface area (Å²) in [6, 6.07) is 10.7. The van der Waals surface area contributed by atoms with Crippen molar-refractivity contribution in [1.82, 2.24) is 24.3 Å². The average molecular weight is 420 g/mol. The number of morpholine rings is 1. The van der Waals surface area contributed by atoms with Gasteiger partial charge in [0.25, 0.3) is 0 Å². The number of hydrogen-bond acceptors (Lipinski definition) is 5. The first-order valence-corrected chi connectivity index (χ1v) is 11.1. The van der Waals surface area contributed by atoms with Crippen molar-refractivity contribution in [2.24, 2.45) is 0 Å². The molecule has 4 rings (SSSR count). The number of pyridine rings is 2. The highest BCUT2D eigenvalue weighted by Gasteiger charge is 2.17. The Bertz CT molecular complexity index is 962. The zero-order valence-electron chi connectivity index (χ0n) is 18.9. The normalized spacial score (nSPS) is 15.0. The van der Waals surface area contributed by atoms with Gasteiger partial charge < -0.3 is 9.30 Å². The van der Waals surface area contributed by atoms with E-state index in [1.165, 1.54) is 28.1 Å². The van der Waals surface area contributed by atoms with Crippen molar-refractivity contribution in [2.75, 3.05) is 39.4 Å². The van der Waals surface area contributed by atoms with Crippen LogP contribution in [0.4, 0.5) is 0 Å². The Labute approximate surface area is 185 Å². The summed E-state index contributed by atoms with van der Waals surface area (Å²) in [5.41, 5.74) is 6.26. The highest BCUT2D eigenvalue weighted by molar-refractivity contribution is 5.37. The van der Waals surface area contributed by atoms with Gasteiger partial charge in [0.15, 0.2) is 0 Å². The Hall–Kier alpha value is -2.54. The lowest BCUT2D eigenvalue weighted by Gasteiger charge is -2.30. The number of hydrogen-bond donors (Lipinski definition) is 0. The topological polar surface area (TPSA) is 46.4 Å². The minimum atomic E-state index is 0.841. The Morgan fingerprint density at radius 3 is 2.58 bits per heavy atom. The fourth-order valence-electron chi connectivity index (χ4n) is 4.25. The molecule has 164 valence electrons. The van der Waals surface area contributed by atoms with E-state index in [4.69, 9.17) is 4.74 Å². The molecule has 0 atom stereocenters. The van der Waals surface area contributed by atoms with Gasteiger partial charge in [-0.25, -0.2) is 4.98 Å². The van der Waals surface area contributed by atoms with E-state index in [-0.39, 0.29) is 0 Å². The molecule has 0 N–H and O–H groups in total. The van der Waals surface area contributed by atoms with Crippen LogP contribution in [0.3, 0.4) is 0 Å². The van der Waals surface area contributed by atoms with Crippen molar-refractivity contribution in [3.05, 3.63) is 77.0 Å². The van der Waals surface area contributed by atoms with Crippen molar-refractivity contribution in [1.29, 1.82) is 0 Å². The van der Waals surface area contributed by atoms with E-state index in [0.717, 1.165) is 58.3 Å². The van der Waals surface area contributed by atoms with Crippen molar-refractivity contribution in [3.63, 3.8) is 0 Å². The number of aryl methyl sites for hydroxylation is 2. The summed E-state index contributed by atoms with van der Waals surface area (Å²) in [6.45, 7) is 14.0. The van der Waals surface area contributed by atoms with Gasteiger partial charge in [-0.2, -0.15) is 0 Å². The second-order valence-electron chi connectivity index (χ2n) is 8.45. The van der Waals surface area contributed by atoms with Gasteiger partial charge in [-0.1, -0.05) is 12.1 Å².